The Morgan fingerprint density at radius 3 is 2.38 bits per heavy atom. The van der Waals surface area contributed by atoms with Crippen LogP contribution >= 0.6 is 0 Å². The van der Waals surface area contributed by atoms with Gasteiger partial charge in [-0.25, -0.2) is 0 Å². The number of piperidine rings is 1. The average molecular weight is 293 g/mol. The maximum atomic E-state index is 4.06. The van der Waals surface area contributed by atoms with Crippen molar-refractivity contribution in [1.82, 2.24) is 10.2 Å². The van der Waals surface area contributed by atoms with Crippen LogP contribution in [-0.4, -0.2) is 36.1 Å². The molecule has 2 saturated carbocycles. The third-order valence-corrected chi connectivity index (χ3v) is 6.20. The number of hydrogen-bond acceptors (Lipinski definition) is 2. The lowest BCUT2D eigenvalue weighted by molar-refractivity contribution is 0.0514. The predicted molar refractivity (Wildman–Crippen MR) is 90.6 cm³/mol. The number of unbranched alkanes of at least 4 members (excludes halogenated alkanes) is 1. The molecule has 1 aliphatic heterocycles. The van der Waals surface area contributed by atoms with E-state index >= 15 is 0 Å². The minimum Gasteiger partial charge on any atom is -0.310 e. The van der Waals surface area contributed by atoms with Crippen LogP contribution in [0.15, 0.2) is 0 Å². The molecule has 1 heterocycles. The smallest absolute Gasteiger partial charge is 0.0200 e. The number of rotatable bonds is 6. The van der Waals surface area contributed by atoms with Crippen LogP contribution in [-0.2, 0) is 0 Å². The normalized spacial score (nSPS) is 33.0. The summed E-state index contributed by atoms with van der Waals surface area (Å²) < 4.78 is 0. The van der Waals surface area contributed by atoms with Crippen molar-refractivity contribution in [3.8, 4) is 0 Å². The zero-order valence-electron chi connectivity index (χ0n) is 14.2. The van der Waals surface area contributed by atoms with Crippen LogP contribution in [0.2, 0.25) is 0 Å². The molecular weight excluding hydrogens is 256 g/mol. The highest BCUT2D eigenvalue weighted by atomic mass is 15.2. The van der Waals surface area contributed by atoms with E-state index < -0.39 is 0 Å². The lowest BCUT2D eigenvalue weighted by Crippen LogP contribution is -2.56. The van der Waals surface area contributed by atoms with Crippen LogP contribution in [0.1, 0.15) is 84.0 Å². The molecular formula is C19H36N2. The van der Waals surface area contributed by atoms with Crippen molar-refractivity contribution < 1.29 is 0 Å². The third kappa shape index (κ3) is 4.45. The molecule has 3 fully saturated rings. The van der Waals surface area contributed by atoms with Crippen LogP contribution in [0.5, 0.6) is 0 Å². The van der Waals surface area contributed by atoms with Gasteiger partial charge in [-0.15, -0.1) is 0 Å². The fraction of sp³-hybridized carbons (Fsp3) is 1.00. The Morgan fingerprint density at radius 1 is 0.905 bits per heavy atom. The zero-order valence-corrected chi connectivity index (χ0v) is 14.2. The molecule has 0 bridgehead atoms. The van der Waals surface area contributed by atoms with Gasteiger partial charge in [0.15, 0.2) is 0 Å². The predicted octanol–water partition coefficient (Wildman–Crippen LogP) is 4.34. The van der Waals surface area contributed by atoms with E-state index in [9.17, 15) is 0 Å². The molecule has 0 radical (unpaired) electrons. The number of nitrogens with zero attached hydrogens (tertiary/aromatic N) is 1. The van der Waals surface area contributed by atoms with Crippen LogP contribution < -0.4 is 5.32 Å². The number of hydrogen-bond donors (Lipinski definition) is 1. The monoisotopic (exact) mass is 292 g/mol. The molecule has 21 heavy (non-hydrogen) atoms. The van der Waals surface area contributed by atoms with E-state index in [2.05, 4.69) is 17.1 Å². The average Bonchev–Trinajstić information content (AvgIpc) is 2.44. The third-order valence-electron chi connectivity index (χ3n) is 6.20. The van der Waals surface area contributed by atoms with Gasteiger partial charge in [-0.05, 0) is 44.4 Å². The molecule has 122 valence electrons. The summed E-state index contributed by atoms with van der Waals surface area (Å²) in [5.74, 6) is 0.959. The molecule has 0 aromatic carbocycles. The Labute approximate surface area is 132 Å². The standard InChI is InChI=1S/C19H36N2/c1-2-3-8-16-13-18(20-17-9-5-4-6-10-17)15-21(14-16)19-11-7-12-19/h16-20H,2-15H2,1H3. The van der Waals surface area contributed by atoms with Gasteiger partial charge in [0.25, 0.3) is 0 Å². The fourth-order valence-corrected chi connectivity index (χ4v) is 4.72. The topological polar surface area (TPSA) is 15.3 Å². The first kappa shape index (κ1) is 15.8. The molecule has 2 heteroatoms. The van der Waals surface area contributed by atoms with Crippen molar-refractivity contribution >= 4 is 0 Å². The summed E-state index contributed by atoms with van der Waals surface area (Å²) in [4.78, 5) is 2.85. The largest absolute Gasteiger partial charge is 0.310 e. The van der Waals surface area contributed by atoms with Crippen LogP contribution in [0.3, 0.4) is 0 Å². The van der Waals surface area contributed by atoms with Crippen LogP contribution in [0.4, 0.5) is 0 Å². The number of nitrogens with one attached hydrogen (secondary N) is 1. The summed E-state index contributed by atoms with van der Waals surface area (Å²) in [7, 11) is 0. The van der Waals surface area contributed by atoms with E-state index in [1.54, 1.807) is 0 Å². The minimum absolute atomic E-state index is 0.782. The first-order chi connectivity index (χ1) is 10.3. The van der Waals surface area contributed by atoms with Crippen molar-refractivity contribution in [1.29, 1.82) is 0 Å². The molecule has 2 unspecified atom stereocenters. The summed E-state index contributed by atoms with van der Waals surface area (Å²) in [5, 5.41) is 4.06. The number of likely N-dealkylation sites (tertiary alicyclic amines) is 1. The van der Waals surface area contributed by atoms with E-state index in [-0.39, 0.29) is 0 Å². The zero-order chi connectivity index (χ0) is 14.5. The SMILES string of the molecule is CCCCC1CC(NC2CCCCC2)CN(C2CCC2)C1. The maximum Gasteiger partial charge on any atom is 0.0200 e. The highest BCUT2D eigenvalue weighted by molar-refractivity contribution is 4.91. The summed E-state index contributed by atoms with van der Waals surface area (Å²) in [6.07, 6.45) is 17.3. The maximum absolute atomic E-state index is 4.06. The Hall–Kier alpha value is -0.0800. The molecule has 0 spiro atoms. The molecule has 0 amide bonds. The summed E-state index contributed by atoms with van der Waals surface area (Å²) in [6.45, 7) is 5.07. The molecule has 0 aromatic rings. The molecule has 2 atom stereocenters. The first-order valence-corrected chi connectivity index (χ1v) is 9.85. The van der Waals surface area contributed by atoms with E-state index in [1.807, 2.05) is 0 Å². The van der Waals surface area contributed by atoms with Crippen molar-refractivity contribution in [2.24, 2.45) is 5.92 Å². The second-order valence-electron chi connectivity index (χ2n) is 7.98. The highest BCUT2D eigenvalue weighted by Gasteiger charge is 2.34. The second-order valence-corrected chi connectivity index (χ2v) is 7.98. The van der Waals surface area contributed by atoms with Gasteiger partial charge in [-0.3, -0.25) is 4.90 Å². The lowest BCUT2D eigenvalue weighted by atomic mass is 9.84. The van der Waals surface area contributed by atoms with Gasteiger partial charge >= 0.3 is 0 Å². The van der Waals surface area contributed by atoms with E-state index in [0.717, 1.165) is 24.0 Å². The van der Waals surface area contributed by atoms with Crippen molar-refractivity contribution in [2.45, 2.75) is 102 Å². The molecule has 1 saturated heterocycles. The van der Waals surface area contributed by atoms with Gasteiger partial charge in [0.1, 0.15) is 0 Å². The Kier molecular flexibility index (Phi) is 5.99. The Balaban J connectivity index is 1.52. The van der Waals surface area contributed by atoms with Crippen molar-refractivity contribution in [2.75, 3.05) is 13.1 Å². The summed E-state index contributed by atoms with van der Waals surface area (Å²) in [6, 6.07) is 2.55. The van der Waals surface area contributed by atoms with E-state index in [1.165, 1.54) is 90.1 Å². The summed E-state index contributed by atoms with van der Waals surface area (Å²) >= 11 is 0. The van der Waals surface area contributed by atoms with Gasteiger partial charge in [0.05, 0.1) is 0 Å². The quantitative estimate of drug-likeness (QED) is 0.783. The van der Waals surface area contributed by atoms with Crippen molar-refractivity contribution in [3.05, 3.63) is 0 Å². The highest BCUT2D eigenvalue weighted by Crippen LogP contribution is 2.31. The molecule has 2 nitrogen and oxygen atoms in total. The molecule has 3 aliphatic rings. The van der Waals surface area contributed by atoms with Gasteiger partial charge < -0.3 is 5.32 Å². The van der Waals surface area contributed by atoms with Gasteiger partial charge in [0.2, 0.25) is 0 Å². The lowest BCUT2D eigenvalue weighted by Gasteiger charge is -2.46. The Morgan fingerprint density at radius 2 is 1.71 bits per heavy atom. The van der Waals surface area contributed by atoms with Crippen LogP contribution in [0, 0.1) is 5.92 Å². The van der Waals surface area contributed by atoms with E-state index in [0.29, 0.717) is 0 Å². The molecule has 3 rings (SSSR count). The Bertz CT molecular complexity index is 292. The van der Waals surface area contributed by atoms with Crippen LogP contribution in [0.25, 0.3) is 0 Å². The molecule has 0 aromatic heterocycles. The first-order valence-electron chi connectivity index (χ1n) is 9.85. The fourth-order valence-electron chi connectivity index (χ4n) is 4.72. The van der Waals surface area contributed by atoms with E-state index in [4.69, 9.17) is 0 Å². The second kappa shape index (κ2) is 7.97. The minimum atomic E-state index is 0.782. The van der Waals surface area contributed by atoms with Crippen molar-refractivity contribution in [3.63, 3.8) is 0 Å². The molecule has 2 aliphatic carbocycles. The molecule has 1 N–H and O–H groups in total. The summed E-state index contributed by atoms with van der Waals surface area (Å²) in [5.41, 5.74) is 0. The van der Waals surface area contributed by atoms with Gasteiger partial charge in [-0.1, -0.05) is 45.4 Å². The van der Waals surface area contributed by atoms with Gasteiger partial charge in [0, 0.05) is 31.2 Å². The van der Waals surface area contributed by atoms with Gasteiger partial charge in [-0.2, -0.15) is 0 Å².